The topological polar surface area (TPSA) is 73.5 Å². The zero-order chi connectivity index (χ0) is 66.7. The molecule has 0 aromatic heterocycles. The fourth-order valence-corrected chi connectivity index (χ4v) is 16.1. The number of piperazine rings is 6. The zero-order valence-electron chi connectivity index (χ0n) is 56.6. The monoisotopic (exact) mass is 1340 g/mol. The van der Waals surface area contributed by atoms with Crippen molar-refractivity contribution in [1.29, 1.82) is 0 Å². The van der Waals surface area contributed by atoms with E-state index in [0.717, 1.165) is 196 Å². The average Bonchev–Trinajstić information content (AvgIpc) is 0.864. The fourth-order valence-electron chi connectivity index (χ4n) is 16.1. The summed E-state index contributed by atoms with van der Waals surface area (Å²) in [6, 6.07) is 43.6. The molecule has 2 N–H and O–H groups in total. The van der Waals surface area contributed by atoms with E-state index >= 15 is 0 Å². The molecule has 10 saturated heterocycles. The van der Waals surface area contributed by atoms with Gasteiger partial charge in [0.05, 0.1) is 11.7 Å². The number of Topliss-reactive ketones (excluding diaryl/α,β-unsaturated/α-hetero) is 1. The van der Waals surface area contributed by atoms with Gasteiger partial charge in [-0.2, -0.15) is 0 Å². The van der Waals surface area contributed by atoms with E-state index in [2.05, 4.69) is 151 Å². The summed E-state index contributed by atoms with van der Waals surface area (Å²) in [6.45, 7) is 26.5. The smallest absolute Gasteiger partial charge is 0.250 e. The summed E-state index contributed by atoms with van der Waals surface area (Å²) in [7, 11) is 0. The molecule has 4 aromatic rings. The normalized spacial score (nSPS) is 29.1. The molecule has 0 radical (unpaired) electrons. The van der Waals surface area contributed by atoms with Crippen molar-refractivity contribution in [1.82, 2.24) is 59.6 Å². The summed E-state index contributed by atoms with van der Waals surface area (Å²) < 4.78 is 92.4. The summed E-state index contributed by atoms with van der Waals surface area (Å²) >= 11 is 0. The molecule has 16 rings (SSSR count). The molecule has 20 heteroatoms. The Kier molecular flexibility index (Phi) is 27.0. The van der Waals surface area contributed by atoms with E-state index in [0.29, 0.717) is 49.8 Å². The first-order valence-corrected chi connectivity index (χ1v) is 36.1. The Balaban J connectivity index is 0.000000118. The molecule has 0 spiro atoms. The van der Waals surface area contributed by atoms with Gasteiger partial charge in [0.2, 0.25) is 0 Å². The maximum absolute atomic E-state index is 13.5. The lowest BCUT2D eigenvalue weighted by atomic mass is 9.96. The molecule has 13 nitrogen and oxygen atoms in total. The highest BCUT2D eigenvalue weighted by Crippen LogP contribution is 2.35. The molecule has 96 heavy (non-hydrogen) atoms. The summed E-state index contributed by atoms with van der Waals surface area (Å²) in [5.74, 6) is -4.30. The minimum Gasteiger partial charge on any atom is -0.314 e. The highest BCUT2D eigenvalue weighted by molar-refractivity contribution is 5.80. The second-order valence-electron chi connectivity index (χ2n) is 28.8. The second kappa shape index (κ2) is 35.9. The first-order chi connectivity index (χ1) is 46.6. The Morgan fingerprint density at radius 2 is 0.844 bits per heavy atom. The van der Waals surface area contributed by atoms with Crippen molar-refractivity contribution < 1.29 is 35.5 Å². The number of nitrogens with zero attached hydrogens (tertiary/aromatic N) is 10. The number of hydrogen-bond donors (Lipinski definition) is 2. The Morgan fingerprint density at radius 1 is 0.417 bits per heavy atom. The number of halogens is 7. The summed E-state index contributed by atoms with van der Waals surface area (Å²) in [6.07, 6.45) is 7.31. The molecule has 12 aliphatic rings. The van der Waals surface area contributed by atoms with E-state index in [-0.39, 0.29) is 55.5 Å². The fraction of sp³-hybridized carbons (Fsp3) is 0.618. The number of alkyl halides is 5. The summed E-state index contributed by atoms with van der Waals surface area (Å²) in [5, 5.41) is 6.44. The van der Waals surface area contributed by atoms with Crippen molar-refractivity contribution in [2.45, 2.75) is 145 Å². The number of fused-ring (bicyclic) bond motifs is 6. The van der Waals surface area contributed by atoms with Gasteiger partial charge in [0.1, 0.15) is 12.0 Å². The zero-order valence-corrected chi connectivity index (χ0v) is 56.6. The van der Waals surface area contributed by atoms with Gasteiger partial charge in [-0.05, 0) is 47.2 Å². The maximum atomic E-state index is 13.5. The predicted octanol–water partition coefficient (Wildman–Crippen LogP) is 10.1. The number of nitrogens with one attached hydrogen (secondary N) is 2. The lowest BCUT2D eigenvalue weighted by Crippen LogP contribution is -2.57. The molecule has 0 aliphatic carbocycles. The van der Waals surface area contributed by atoms with Crippen molar-refractivity contribution in [3.63, 3.8) is 0 Å². The standard InChI is InChI=1S/C15H20F2N2.2C15H19FN2.C15H20N2O.C8H14F2N2.C8H15FN2/c16-15(17)6-7-19-9-8-18(12-14(19)10-15)11-13-4-2-1-3-5-13;2*16-14-6-7-18-9-8-17(12-15(18)10-14)11-13-4-2-1-3-5-13;18-15-6-7-17-9-8-16(12-14(17)10-15)11-13-4-2-1-3-5-13;9-8(10)1-3-12-4-2-11-6-7(12)5-8;9-7-1-3-11-4-2-10-6-8(11)5-7/h1-5,14H,6-12H2;1-5,10,15H,6-9,11-12H2;1-6,15H,7-12H2;1-5,14H,6-12H2;7,11H,1-6H2;7-8,10H,1-6H2. The van der Waals surface area contributed by atoms with Crippen LogP contribution in [0.2, 0.25) is 0 Å². The van der Waals surface area contributed by atoms with Crippen LogP contribution in [-0.4, -0.2) is 266 Å². The molecule has 0 bridgehead atoms. The van der Waals surface area contributed by atoms with Crippen LogP contribution >= 0.6 is 0 Å². The van der Waals surface area contributed by atoms with Crippen LogP contribution in [0.5, 0.6) is 0 Å². The van der Waals surface area contributed by atoms with E-state index in [4.69, 9.17) is 0 Å². The van der Waals surface area contributed by atoms with Gasteiger partial charge < -0.3 is 10.6 Å². The second-order valence-corrected chi connectivity index (χ2v) is 28.8. The molecule has 526 valence electrons. The largest absolute Gasteiger partial charge is 0.314 e. The van der Waals surface area contributed by atoms with Crippen molar-refractivity contribution in [2.75, 3.05) is 157 Å². The Labute approximate surface area is 567 Å². The molecule has 12 heterocycles. The molecule has 12 aliphatic heterocycles. The highest BCUT2D eigenvalue weighted by Gasteiger charge is 2.43. The first-order valence-electron chi connectivity index (χ1n) is 36.1. The molecular formula is C76H107F7N12O. The molecular weight excluding hydrogens is 1230 g/mol. The van der Waals surface area contributed by atoms with Gasteiger partial charge in [0.25, 0.3) is 11.8 Å². The summed E-state index contributed by atoms with van der Waals surface area (Å²) in [4.78, 5) is 35.3. The molecule has 0 amide bonds. The van der Waals surface area contributed by atoms with Crippen molar-refractivity contribution >= 4 is 5.78 Å². The quantitative estimate of drug-likeness (QED) is 0.165. The molecule has 4 aromatic carbocycles. The van der Waals surface area contributed by atoms with Crippen molar-refractivity contribution in [3.05, 3.63) is 167 Å². The lowest BCUT2D eigenvalue weighted by molar-refractivity contribution is -0.124. The Hall–Kier alpha value is -4.94. The number of carbonyl (C=O) groups excluding carboxylic acids is 1. The minimum atomic E-state index is -2.46. The predicted molar refractivity (Wildman–Crippen MR) is 369 cm³/mol. The number of hydrogen-bond acceptors (Lipinski definition) is 13. The van der Waals surface area contributed by atoms with E-state index in [1.165, 1.54) is 22.3 Å². The number of piperidine rings is 4. The van der Waals surface area contributed by atoms with E-state index in [9.17, 15) is 35.5 Å². The van der Waals surface area contributed by atoms with Gasteiger partial charge in [-0.1, -0.05) is 121 Å². The minimum absolute atomic E-state index is 0.0261. The summed E-state index contributed by atoms with van der Waals surface area (Å²) in [5.41, 5.74) is 5.32. The third-order valence-corrected chi connectivity index (χ3v) is 21.6. The van der Waals surface area contributed by atoms with Crippen LogP contribution in [0.25, 0.3) is 0 Å². The molecule has 10 fully saturated rings. The third kappa shape index (κ3) is 22.5. The van der Waals surface area contributed by atoms with Gasteiger partial charge in [-0.3, -0.25) is 53.8 Å². The van der Waals surface area contributed by atoms with Crippen LogP contribution in [0.4, 0.5) is 30.7 Å². The van der Waals surface area contributed by atoms with Crippen LogP contribution < -0.4 is 10.6 Å². The van der Waals surface area contributed by atoms with Crippen molar-refractivity contribution in [2.24, 2.45) is 0 Å². The van der Waals surface area contributed by atoms with Gasteiger partial charge >= 0.3 is 0 Å². The number of ketones is 1. The highest BCUT2D eigenvalue weighted by atomic mass is 19.3. The van der Waals surface area contributed by atoms with Gasteiger partial charge in [0.15, 0.2) is 0 Å². The van der Waals surface area contributed by atoms with Crippen LogP contribution in [-0.2, 0) is 31.0 Å². The Bertz CT molecular complexity index is 2970. The first kappa shape index (κ1) is 72.3. The molecule has 7 unspecified atom stereocenters. The number of carbonyl (C=O) groups is 1. The third-order valence-electron chi connectivity index (χ3n) is 21.6. The maximum Gasteiger partial charge on any atom is 0.250 e. The van der Waals surface area contributed by atoms with E-state index < -0.39 is 18.0 Å². The van der Waals surface area contributed by atoms with E-state index in [1.807, 2.05) is 30.3 Å². The average molecular weight is 1340 g/mol. The van der Waals surface area contributed by atoms with E-state index in [1.54, 1.807) is 12.2 Å². The number of rotatable bonds is 8. The van der Waals surface area contributed by atoms with Gasteiger partial charge in [-0.25, -0.2) is 30.7 Å². The van der Waals surface area contributed by atoms with Crippen LogP contribution in [0.1, 0.15) is 86.5 Å². The Morgan fingerprint density at radius 3 is 1.39 bits per heavy atom. The SMILES string of the molecule is FC1(F)CCN2CCN(Cc3ccccc3)CC2C1.FC1(F)CCN2CCNCC2C1.FC1=CC2CN(Cc3ccccc3)CCN2CC1.FC1=CCN2CCN(Cc3ccccc3)CC2C1.FC1CCN2CCNCC2C1.O=C1CCN2CCN(Cc3ccccc3)CC2C1. The van der Waals surface area contributed by atoms with Gasteiger partial charge in [0, 0.05) is 271 Å². The number of benzene rings is 4. The lowest BCUT2D eigenvalue weighted by Gasteiger charge is -2.46. The van der Waals surface area contributed by atoms with Gasteiger partial charge in [-0.15, -0.1) is 0 Å². The molecule has 7 atom stereocenters. The van der Waals surface area contributed by atoms with Crippen molar-refractivity contribution in [3.8, 4) is 0 Å². The van der Waals surface area contributed by atoms with Crippen LogP contribution in [0, 0.1) is 0 Å². The van der Waals surface area contributed by atoms with Crippen LogP contribution in [0.15, 0.2) is 145 Å². The van der Waals surface area contributed by atoms with Crippen LogP contribution in [0.3, 0.4) is 0 Å². The molecule has 0 saturated carbocycles.